The molecule has 2 aromatic carbocycles. The molecule has 1 saturated carbocycles. The minimum atomic E-state index is -0.488. The van der Waals surface area contributed by atoms with Gasteiger partial charge >= 0.3 is 0 Å². The number of benzene rings is 2. The van der Waals surface area contributed by atoms with E-state index in [0.29, 0.717) is 12.0 Å². The molecule has 1 fully saturated rings. The van der Waals surface area contributed by atoms with E-state index in [0.717, 1.165) is 57.2 Å². The topological polar surface area (TPSA) is 27.0 Å². The van der Waals surface area contributed by atoms with Gasteiger partial charge in [-0.15, -0.1) is 0 Å². The fourth-order valence-corrected chi connectivity index (χ4v) is 5.00. The van der Waals surface area contributed by atoms with Gasteiger partial charge in [-0.3, -0.25) is 0 Å². The second kappa shape index (κ2) is 10.7. The number of halogens is 1. The van der Waals surface area contributed by atoms with Gasteiger partial charge in [0.05, 0.1) is 11.5 Å². The first-order valence-corrected chi connectivity index (χ1v) is 11.6. The molecule has 1 aliphatic carbocycles. The van der Waals surface area contributed by atoms with Crippen LogP contribution in [-0.4, -0.2) is 24.0 Å². The van der Waals surface area contributed by atoms with Gasteiger partial charge in [-0.2, -0.15) is 5.26 Å². The number of rotatable bonds is 11. The molecule has 0 aromatic heterocycles. The summed E-state index contributed by atoms with van der Waals surface area (Å²) in [6.45, 7) is 6.55. The molecule has 3 heteroatoms. The highest BCUT2D eigenvalue weighted by molar-refractivity contribution is 5.35. The highest BCUT2D eigenvalue weighted by Crippen LogP contribution is 2.47. The van der Waals surface area contributed by atoms with E-state index in [9.17, 15) is 9.65 Å². The number of likely N-dealkylation sites (N-methyl/N-ethyl adjacent to an activating group) is 1. The van der Waals surface area contributed by atoms with Gasteiger partial charge in [0.1, 0.15) is 5.82 Å². The normalized spacial score (nSPS) is 17.2. The Hall–Kier alpha value is -2.18. The fraction of sp³-hybridized carbons (Fsp3) is 0.519. The van der Waals surface area contributed by atoms with Crippen molar-refractivity contribution in [3.8, 4) is 6.07 Å². The largest absolute Gasteiger partial charge is 0.300 e. The number of nitrogens with zero attached hydrogens (tertiary/aromatic N) is 2. The predicted molar refractivity (Wildman–Crippen MR) is 122 cm³/mol. The van der Waals surface area contributed by atoms with Crippen LogP contribution in [0.3, 0.4) is 0 Å². The monoisotopic (exact) mass is 406 g/mol. The third kappa shape index (κ3) is 5.10. The van der Waals surface area contributed by atoms with Crippen molar-refractivity contribution in [3.05, 3.63) is 71.5 Å². The zero-order valence-corrected chi connectivity index (χ0v) is 18.5. The Morgan fingerprint density at radius 1 is 1.10 bits per heavy atom. The van der Waals surface area contributed by atoms with Crippen LogP contribution in [0.1, 0.15) is 63.5 Å². The minimum absolute atomic E-state index is 0.233. The van der Waals surface area contributed by atoms with Gasteiger partial charge in [-0.1, -0.05) is 62.7 Å². The van der Waals surface area contributed by atoms with Crippen molar-refractivity contribution in [2.24, 2.45) is 5.92 Å². The van der Waals surface area contributed by atoms with Crippen molar-refractivity contribution in [1.29, 1.82) is 5.26 Å². The van der Waals surface area contributed by atoms with Gasteiger partial charge in [0.25, 0.3) is 0 Å². The molecule has 0 aliphatic heterocycles. The molecule has 0 N–H and O–H groups in total. The van der Waals surface area contributed by atoms with E-state index >= 15 is 0 Å². The second-order valence-corrected chi connectivity index (χ2v) is 8.68. The predicted octanol–water partition coefficient (Wildman–Crippen LogP) is 6.51. The number of nitriles is 1. The molecule has 0 radical (unpaired) electrons. The van der Waals surface area contributed by atoms with E-state index in [1.165, 1.54) is 24.1 Å². The lowest BCUT2D eigenvalue weighted by molar-refractivity contribution is 0.152. The third-order valence-electron chi connectivity index (χ3n) is 7.16. The molecule has 30 heavy (non-hydrogen) atoms. The van der Waals surface area contributed by atoms with Crippen molar-refractivity contribution in [1.82, 2.24) is 4.90 Å². The lowest BCUT2D eigenvalue weighted by atomic mass is 9.60. The van der Waals surface area contributed by atoms with E-state index in [1.54, 1.807) is 0 Å². The summed E-state index contributed by atoms with van der Waals surface area (Å²) in [6.07, 6.45) is 7.39. The van der Waals surface area contributed by atoms with Crippen molar-refractivity contribution < 1.29 is 4.39 Å². The second-order valence-electron chi connectivity index (χ2n) is 8.68. The van der Waals surface area contributed by atoms with Crippen molar-refractivity contribution >= 4 is 0 Å². The van der Waals surface area contributed by atoms with Crippen LogP contribution in [0, 0.1) is 23.1 Å². The Balaban J connectivity index is 1.71. The Labute approximate surface area is 181 Å². The van der Waals surface area contributed by atoms with Gasteiger partial charge in [-0.25, -0.2) is 4.39 Å². The molecule has 0 amide bonds. The zero-order valence-electron chi connectivity index (χ0n) is 18.5. The van der Waals surface area contributed by atoms with Gasteiger partial charge in [0, 0.05) is 12.6 Å². The molecule has 2 nitrogen and oxygen atoms in total. The van der Waals surface area contributed by atoms with Crippen molar-refractivity contribution in [2.45, 2.75) is 70.3 Å². The molecule has 1 aliphatic rings. The molecule has 2 unspecified atom stereocenters. The van der Waals surface area contributed by atoms with Crippen LogP contribution < -0.4 is 0 Å². The zero-order chi connectivity index (χ0) is 21.4. The van der Waals surface area contributed by atoms with E-state index in [4.69, 9.17) is 0 Å². The Morgan fingerprint density at radius 3 is 2.33 bits per heavy atom. The van der Waals surface area contributed by atoms with Crippen LogP contribution in [0.2, 0.25) is 0 Å². The summed E-state index contributed by atoms with van der Waals surface area (Å²) in [5, 5.41) is 10.3. The van der Waals surface area contributed by atoms with E-state index in [2.05, 4.69) is 55.1 Å². The van der Waals surface area contributed by atoms with Gasteiger partial charge in [-0.05, 0) is 74.2 Å². The van der Waals surface area contributed by atoms with E-state index in [1.807, 2.05) is 12.1 Å². The molecule has 0 heterocycles. The average Bonchev–Trinajstić information content (AvgIpc) is 2.75. The standard InChI is InChI=1S/C27H35FN2/c1-3-26(30(4-2)20-18-22-9-6-5-7-10-22)17-19-27(21-29,23-11-8-12-23)24-13-15-25(28)16-14-24/h5-7,9-10,13-16,23,26H,3-4,8,11-12,17-20H2,1-2H3. The quantitative estimate of drug-likeness (QED) is 0.425. The van der Waals surface area contributed by atoms with Crippen LogP contribution in [0.5, 0.6) is 0 Å². The third-order valence-corrected chi connectivity index (χ3v) is 7.16. The van der Waals surface area contributed by atoms with Crippen molar-refractivity contribution in [2.75, 3.05) is 13.1 Å². The highest BCUT2D eigenvalue weighted by Gasteiger charge is 2.43. The Bertz CT molecular complexity index is 807. The van der Waals surface area contributed by atoms with Crippen LogP contribution >= 0.6 is 0 Å². The first-order valence-electron chi connectivity index (χ1n) is 11.6. The fourth-order valence-electron chi connectivity index (χ4n) is 5.00. The Kier molecular flexibility index (Phi) is 8.05. The van der Waals surface area contributed by atoms with Gasteiger partial charge < -0.3 is 4.90 Å². The lowest BCUT2D eigenvalue weighted by Crippen LogP contribution is -2.42. The summed E-state index contributed by atoms with van der Waals surface area (Å²) in [6, 6.07) is 20.5. The molecular formula is C27H35FN2. The summed E-state index contributed by atoms with van der Waals surface area (Å²) in [5.74, 6) is 0.161. The summed E-state index contributed by atoms with van der Waals surface area (Å²) >= 11 is 0. The summed E-state index contributed by atoms with van der Waals surface area (Å²) in [5.41, 5.74) is 1.88. The van der Waals surface area contributed by atoms with E-state index in [-0.39, 0.29) is 5.82 Å². The van der Waals surface area contributed by atoms with E-state index < -0.39 is 5.41 Å². The SMILES string of the molecule is CCC(CCC(C#N)(c1ccc(F)cc1)C1CCC1)N(CC)CCc1ccccc1. The maximum atomic E-state index is 13.5. The highest BCUT2D eigenvalue weighted by atomic mass is 19.1. The average molecular weight is 407 g/mol. The van der Waals surface area contributed by atoms with Gasteiger partial charge in [0.2, 0.25) is 0 Å². The maximum absolute atomic E-state index is 13.5. The molecule has 3 rings (SSSR count). The minimum Gasteiger partial charge on any atom is -0.300 e. The van der Waals surface area contributed by atoms with Crippen LogP contribution in [0.15, 0.2) is 54.6 Å². The number of hydrogen-bond donors (Lipinski definition) is 0. The van der Waals surface area contributed by atoms with Crippen molar-refractivity contribution in [3.63, 3.8) is 0 Å². The summed E-state index contributed by atoms with van der Waals surface area (Å²) < 4.78 is 13.5. The first-order chi connectivity index (χ1) is 14.6. The lowest BCUT2D eigenvalue weighted by Gasteiger charge is -2.42. The molecule has 160 valence electrons. The van der Waals surface area contributed by atoms with Crippen LogP contribution in [0.25, 0.3) is 0 Å². The molecule has 2 atom stereocenters. The summed E-state index contributed by atoms with van der Waals surface area (Å²) in [4.78, 5) is 2.57. The Morgan fingerprint density at radius 2 is 1.80 bits per heavy atom. The van der Waals surface area contributed by atoms with Crippen LogP contribution in [0.4, 0.5) is 4.39 Å². The number of hydrogen-bond acceptors (Lipinski definition) is 2. The maximum Gasteiger partial charge on any atom is 0.123 e. The smallest absolute Gasteiger partial charge is 0.123 e. The molecule has 0 bridgehead atoms. The molecule has 0 spiro atoms. The van der Waals surface area contributed by atoms with Gasteiger partial charge in [0.15, 0.2) is 0 Å². The summed E-state index contributed by atoms with van der Waals surface area (Å²) in [7, 11) is 0. The molecule has 0 saturated heterocycles. The molecule has 2 aromatic rings. The molecular weight excluding hydrogens is 371 g/mol. The van der Waals surface area contributed by atoms with Crippen LogP contribution in [-0.2, 0) is 11.8 Å². The first kappa shape index (κ1) is 22.5.